The van der Waals surface area contributed by atoms with Crippen molar-refractivity contribution in [1.82, 2.24) is 15.2 Å². The third-order valence-corrected chi connectivity index (χ3v) is 4.23. The molecule has 2 amide bonds. The molecule has 0 fully saturated rings. The first kappa shape index (κ1) is 16.1. The molecule has 0 bridgehead atoms. The fourth-order valence-corrected chi connectivity index (χ4v) is 2.57. The van der Waals surface area contributed by atoms with Crippen molar-refractivity contribution in [1.29, 1.82) is 0 Å². The smallest absolute Gasteiger partial charge is 0.318 e. The van der Waals surface area contributed by atoms with Crippen LogP contribution >= 0.6 is 0 Å². The zero-order valence-electron chi connectivity index (χ0n) is 14.1. The van der Waals surface area contributed by atoms with E-state index in [-0.39, 0.29) is 18.1 Å². The van der Waals surface area contributed by atoms with E-state index in [0.29, 0.717) is 0 Å². The van der Waals surface area contributed by atoms with Crippen LogP contribution in [0.5, 0.6) is 0 Å². The molecule has 2 unspecified atom stereocenters. The number of amides is 2. The molecular formula is C19H21N3O2. The van der Waals surface area contributed by atoms with Crippen LogP contribution in [0.2, 0.25) is 0 Å². The Morgan fingerprint density at radius 1 is 1.17 bits per heavy atom. The van der Waals surface area contributed by atoms with Crippen LogP contribution in [0.15, 0.2) is 59.1 Å². The van der Waals surface area contributed by atoms with Gasteiger partial charge in [0.1, 0.15) is 11.3 Å². The molecule has 5 nitrogen and oxygen atoms in total. The lowest BCUT2D eigenvalue weighted by Crippen LogP contribution is -2.40. The number of carbonyl (C=O) groups excluding carboxylic acids is 1. The van der Waals surface area contributed by atoms with E-state index < -0.39 is 0 Å². The van der Waals surface area contributed by atoms with Gasteiger partial charge in [0.2, 0.25) is 0 Å². The number of carbonyl (C=O) groups is 1. The molecule has 0 saturated heterocycles. The van der Waals surface area contributed by atoms with Gasteiger partial charge in [-0.25, -0.2) is 4.79 Å². The minimum atomic E-state index is -0.219. The maximum atomic E-state index is 12.5. The summed E-state index contributed by atoms with van der Waals surface area (Å²) >= 11 is 0. The van der Waals surface area contributed by atoms with Crippen LogP contribution in [0, 0.1) is 0 Å². The molecule has 0 spiro atoms. The summed E-state index contributed by atoms with van der Waals surface area (Å²) < 4.78 is 5.81. The second-order valence-electron chi connectivity index (χ2n) is 5.90. The largest absolute Gasteiger partial charge is 0.459 e. The van der Waals surface area contributed by atoms with Crippen LogP contribution in [0.25, 0.3) is 11.0 Å². The van der Waals surface area contributed by atoms with Crippen LogP contribution in [0.1, 0.15) is 37.4 Å². The molecule has 2 atom stereocenters. The first-order chi connectivity index (χ1) is 11.6. The second-order valence-corrected chi connectivity index (χ2v) is 5.90. The van der Waals surface area contributed by atoms with E-state index in [4.69, 9.17) is 4.42 Å². The number of nitrogens with zero attached hydrogens (tertiary/aromatic N) is 2. The molecule has 1 N–H and O–H groups in total. The summed E-state index contributed by atoms with van der Waals surface area (Å²) in [4.78, 5) is 18.5. The van der Waals surface area contributed by atoms with Crippen LogP contribution < -0.4 is 5.32 Å². The summed E-state index contributed by atoms with van der Waals surface area (Å²) in [6.07, 6.45) is 1.73. The molecule has 124 valence electrons. The number of furan rings is 1. The Morgan fingerprint density at radius 2 is 1.92 bits per heavy atom. The summed E-state index contributed by atoms with van der Waals surface area (Å²) in [6, 6.07) is 15.0. The van der Waals surface area contributed by atoms with Gasteiger partial charge in [-0.1, -0.05) is 24.3 Å². The number of hydrogen-bond acceptors (Lipinski definition) is 3. The maximum Gasteiger partial charge on any atom is 0.318 e. The number of pyridine rings is 1. The van der Waals surface area contributed by atoms with Crippen molar-refractivity contribution in [3.63, 3.8) is 0 Å². The average Bonchev–Trinajstić information content (AvgIpc) is 3.05. The highest BCUT2D eigenvalue weighted by Gasteiger charge is 2.21. The van der Waals surface area contributed by atoms with Gasteiger partial charge in [0, 0.05) is 18.6 Å². The highest BCUT2D eigenvalue weighted by atomic mass is 16.3. The van der Waals surface area contributed by atoms with Crippen molar-refractivity contribution in [3.05, 3.63) is 66.2 Å². The van der Waals surface area contributed by atoms with Crippen molar-refractivity contribution in [3.8, 4) is 0 Å². The van der Waals surface area contributed by atoms with E-state index in [2.05, 4.69) is 10.3 Å². The fourth-order valence-electron chi connectivity index (χ4n) is 2.57. The van der Waals surface area contributed by atoms with Crippen molar-refractivity contribution in [2.75, 3.05) is 7.05 Å². The molecular weight excluding hydrogens is 302 g/mol. The van der Waals surface area contributed by atoms with Gasteiger partial charge in [0.15, 0.2) is 0 Å². The number of hydrogen-bond donors (Lipinski definition) is 1. The Morgan fingerprint density at radius 3 is 2.62 bits per heavy atom. The molecule has 0 aliphatic carbocycles. The molecule has 3 rings (SSSR count). The number of aromatic nitrogens is 1. The van der Waals surface area contributed by atoms with E-state index in [1.165, 1.54) is 0 Å². The SMILES string of the molecule is CC(NC(=O)N(C)C(C)c1ccccn1)c1cc2ccccc2o1. The van der Waals surface area contributed by atoms with Crippen LogP contribution in [0.3, 0.4) is 0 Å². The molecule has 3 aromatic rings. The average molecular weight is 323 g/mol. The molecule has 5 heteroatoms. The zero-order chi connectivity index (χ0) is 17.1. The van der Waals surface area contributed by atoms with Crippen molar-refractivity contribution >= 4 is 17.0 Å². The third-order valence-electron chi connectivity index (χ3n) is 4.23. The fraction of sp³-hybridized carbons (Fsp3) is 0.263. The van der Waals surface area contributed by atoms with Gasteiger partial charge in [-0.15, -0.1) is 0 Å². The predicted molar refractivity (Wildman–Crippen MR) is 93.6 cm³/mol. The lowest BCUT2D eigenvalue weighted by atomic mass is 10.2. The number of benzene rings is 1. The van der Waals surface area contributed by atoms with Gasteiger partial charge in [-0.3, -0.25) is 4.98 Å². The first-order valence-corrected chi connectivity index (χ1v) is 7.99. The zero-order valence-corrected chi connectivity index (χ0v) is 14.1. The second kappa shape index (κ2) is 6.74. The number of urea groups is 1. The highest BCUT2D eigenvalue weighted by Crippen LogP contribution is 2.24. The summed E-state index contributed by atoms with van der Waals surface area (Å²) in [6.45, 7) is 3.86. The predicted octanol–water partition coefficient (Wildman–Crippen LogP) is 4.29. The van der Waals surface area contributed by atoms with Crippen LogP contribution in [-0.2, 0) is 0 Å². The summed E-state index contributed by atoms with van der Waals surface area (Å²) in [5.74, 6) is 0.739. The van der Waals surface area contributed by atoms with Crippen molar-refractivity contribution in [2.24, 2.45) is 0 Å². The molecule has 24 heavy (non-hydrogen) atoms. The molecule has 0 radical (unpaired) electrons. The van der Waals surface area contributed by atoms with Gasteiger partial charge in [0.25, 0.3) is 0 Å². The van der Waals surface area contributed by atoms with Gasteiger partial charge < -0.3 is 14.6 Å². The Hall–Kier alpha value is -2.82. The lowest BCUT2D eigenvalue weighted by Gasteiger charge is -2.26. The van der Waals surface area contributed by atoms with Crippen molar-refractivity contribution in [2.45, 2.75) is 25.9 Å². The Bertz CT molecular complexity index is 796. The molecule has 0 saturated carbocycles. The highest BCUT2D eigenvalue weighted by molar-refractivity contribution is 5.78. The van der Waals surface area contributed by atoms with Gasteiger partial charge >= 0.3 is 6.03 Å². The topological polar surface area (TPSA) is 58.4 Å². The first-order valence-electron chi connectivity index (χ1n) is 7.99. The minimum absolute atomic E-state index is 0.117. The van der Waals surface area contributed by atoms with E-state index in [9.17, 15) is 4.79 Å². The number of nitrogens with one attached hydrogen (secondary N) is 1. The Labute approximate surface area is 141 Å². The molecule has 1 aromatic carbocycles. The molecule has 0 aliphatic rings. The Kier molecular flexibility index (Phi) is 4.51. The summed E-state index contributed by atoms with van der Waals surface area (Å²) in [5.41, 5.74) is 1.68. The van der Waals surface area contributed by atoms with Gasteiger partial charge in [-0.05, 0) is 38.1 Å². The van der Waals surface area contributed by atoms with E-state index in [1.54, 1.807) is 18.1 Å². The standard InChI is InChI=1S/C19H21N3O2/c1-13(18-12-15-8-4-5-10-17(15)24-18)21-19(23)22(3)14(2)16-9-6-7-11-20-16/h4-14H,1-3H3,(H,21,23). The number of rotatable bonds is 4. The van der Waals surface area contributed by atoms with Crippen molar-refractivity contribution < 1.29 is 9.21 Å². The van der Waals surface area contributed by atoms with E-state index in [1.807, 2.05) is 62.4 Å². The quantitative estimate of drug-likeness (QED) is 0.779. The maximum absolute atomic E-state index is 12.5. The molecule has 0 aliphatic heterocycles. The van der Waals surface area contributed by atoms with Crippen LogP contribution in [0.4, 0.5) is 4.79 Å². The number of fused-ring (bicyclic) bond motifs is 1. The minimum Gasteiger partial charge on any atom is -0.459 e. The van der Waals surface area contributed by atoms with Gasteiger partial charge in [0.05, 0.1) is 17.8 Å². The number of para-hydroxylation sites is 1. The lowest BCUT2D eigenvalue weighted by molar-refractivity contribution is 0.189. The molecule has 2 aromatic heterocycles. The van der Waals surface area contributed by atoms with E-state index >= 15 is 0 Å². The monoisotopic (exact) mass is 323 g/mol. The summed E-state index contributed by atoms with van der Waals surface area (Å²) in [7, 11) is 1.76. The summed E-state index contributed by atoms with van der Waals surface area (Å²) in [5, 5.41) is 4.00. The third kappa shape index (κ3) is 3.25. The molecule has 2 heterocycles. The van der Waals surface area contributed by atoms with Crippen LogP contribution in [-0.4, -0.2) is 23.0 Å². The van der Waals surface area contributed by atoms with E-state index in [0.717, 1.165) is 22.4 Å². The van der Waals surface area contributed by atoms with Gasteiger partial charge in [-0.2, -0.15) is 0 Å². The Balaban J connectivity index is 1.69. The normalized spacial score (nSPS) is 13.5.